The number of sulfonamides is 2. The molecule has 9 nitrogen and oxygen atoms in total. The molecule has 0 aromatic heterocycles. The van der Waals surface area contributed by atoms with E-state index in [1.54, 1.807) is 31.2 Å². The van der Waals surface area contributed by atoms with E-state index < -0.39 is 26.0 Å². The normalized spacial score (nSPS) is 15.9. The fraction of sp³-hybridized carbons (Fsp3) is 0.350. The second kappa shape index (κ2) is 8.75. The average molecular weight is 469 g/mol. The van der Waals surface area contributed by atoms with Crippen LogP contribution in [0, 0.1) is 0 Å². The molecule has 3 rings (SSSR count). The standard InChI is InChI=1S/C20H24N2O7S2/c1-4-28-18-10-7-16(22-20(23)11-12-30(22,24)25)13-19(18)31(26,27)21-15-5-8-17(9-6-15)29-14(2)3/h5-10,13-14,21H,4,11-12H2,1-3H3. The number of anilines is 2. The van der Waals surface area contributed by atoms with Crippen molar-refractivity contribution in [3.8, 4) is 11.5 Å². The van der Waals surface area contributed by atoms with Gasteiger partial charge in [0, 0.05) is 12.1 Å². The fourth-order valence-corrected chi connectivity index (χ4v) is 5.74. The van der Waals surface area contributed by atoms with Crippen molar-refractivity contribution < 1.29 is 31.1 Å². The Bertz CT molecular complexity index is 1170. The van der Waals surface area contributed by atoms with E-state index in [0.717, 1.165) is 6.07 Å². The van der Waals surface area contributed by atoms with E-state index >= 15 is 0 Å². The van der Waals surface area contributed by atoms with Gasteiger partial charge in [0.2, 0.25) is 15.9 Å². The van der Waals surface area contributed by atoms with Gasteiger partial charge < -0.3 is 9.47 Å². The van der Waals surface area contributed by atoms with Crippen LogP contribution in [0.15, 0.2) is 47.4 Å². The van der Waals surface area contributed by atoms with Crippen molar-refractivity contribution in [2.45, 2.75) is 38.2 Å². The predicted octanol–water partition coefficient (Wildman–Crippen LogP) is 2.74. The lowest BCUT2D eigenvalue weighted by Gasteiger charge is -2.18. The van der Waals surface area contributed by atoms with E-state index in [9.17, 15) is 21.6 Å². The number of nitrogens with zero attached hydrogens (tertiary/aromatic N) is 1. The summed E-state index contributed by atoms with van der Waals surface area (Å²) in [5.41, 5.74) is 0.237. The summed E-state index contributed by atoms with van der Waals surface area (Å²) in [5.74, 6) is -0.291. The topological polar surface area (TPSA) is 119 Å². The van der Waals surface area contributed by atoms with Gasteiger partial charge in [0.05, 0.1) is 24.2 Å². The Kier molecular flexibility index (Phi) is 6.46. The molecule has 0 aliphatic carbocycles. The van der Waals surface area contributed by atoms with Gasteiger partial charge in [-0.3, -0.25) is 9.52 Å². The summed E-state index contributed by atoms with van der Waals surface area (Å²) < 4.78 is 64.7. The molecule has 1 heterocycles. The Labute approximate surface area is 182 Å². The van der Waals surface area contributed by atoms with E-state index in [1.807, 2.05) is 13.8 Å². The van der Waals surface area contributed by atoms with Crippen LogP contribution in [0.25, 0.3) is 0 Å². The maximum Gasteiger partial charge on any atom is 0.265 e. The Morgan fingerprint density at radius 3 is 2.35 bits per heavy atom. The van der Waals surface area contributed by atoms with Crippen molar-refractivity contribution in [1.29, 1.82) is 0 Å². The van der Waals surface area contributed by atoms with E-state index in [0.29, 0.717) is 10.1 Å². The smallest absolute Gasteiger partial charge is 0.265 e. The molecule has 0 unspecified atom stereocenters. The van der Waals surface area contributed by atoms with E-state index in [1.165, 1.54) is 12.1 Å². The minimum absolute atomic E-state index is 0.0244. The number of rotatable bonds is 8. The molecule has 1 saturated heterocycles. The molecule has 1 fully saturated rings. The Balaban J connectivity index is 1.97. The molecule has 2 aromatic rings. The van der Waals surface area contributed by atoms with Gasteiger partial charge in [0.25, 0.3) is 10.0 Å². The molecule has 11 heteroatoms. The van der Waals surface area contributed by atoms with Crippen LogP contribution >= 0.6 is 0 Å². The van der Waals surface area contributed by atoms with Crippen LogP contribution in [0.3, 0.4) is 0 Å². The first-order valence-corrected chi connectivity index (χ1v) is 12.7. The SMILES string of the molecule is CCOc1ccc(N2C(=O)CCS2(=O)=O)cc1S(=O)(=O)Nc1ccc(OC(C)C)cc1. The highest BCUT2D eigenvalue weighted by atomic mass is 32.2. The number of benzene rings is 2. The third kappa shape index (κ3) is 5.10. The molecule has 1 amide bonds. The van der Waals surface area contributed by atoms with Gasteiger partial charge in [-0.15, -0.1) is 0 Å². The van der Waals surface area contributed by atoms with Crippen LogP contribution < -0.4 is 18.5 Å². The number of ether oxygens (including phenoxy) is 2. The summed E-state index contributed by atoms with van der Waals surface area (Å²) in [4.78, 5) is 11.8. The van der Waals surface area contributed by atoms with Gasteiger partial charge in [0.15, 0.2) is 0 Å². The van der Waals surface area contributed by atoms with Crippen LogP contribution in [-0.2, 0) is 24.8 Å². The molecular formula is C20H24N2O7S2. The van der Waals surface area contributed by atoms with Gasteiger partial charge in [0.1, 0.15) is 16.4 Å². The lowest BCUT2D eigenvalue weighted by molar-refractivity contribution is -0.116. The molecule has 2 aromatic carbocycles. The highest BCUT2D eigenvalue weighted by molar-refractivity contribution is 7.94. The maximum atomic E-state index is 13.1. The Hall–Kier alpha value is -2.79. The van der Waals surface area contributed by atoms with Crippen LogP contribution in [0.4, 0.5) is 11.4 Å². The average Bonchev–Trinajstić information content (AvgIpc) is 2.96. The summed E-state index contributed by atoms with van der Waals surface area (Å²) in [5, 5.41) is 0. The Morgan fingerprint density at radius 2 is 1.81 bits per heavy atom. The van der Waals surface area contributed by atoms with Crippen molar-refractivity contribution in [3.63, 3.8) is 0 Å². The zero-order valence-corrected chi connectivity index (χ0v) is 19.0. The van der Waals surface area contributed by atoms with Crippen LogP contribution in [0.1, 0.15) is 27.2 Å². The summed E-state index contributed by atoms with van der Waals surface area (Å²) in [6.07, 6.45) is -0.177. The molecule has 0 bridgehead atoms. The van der Waals surface area contributed by atoms with Gasteiger partial charge in [-0.05, 0) is 63.2 Å². The number of hydrogen-bond acceptors (Lipinski definition) is 7. The zero-order chi connectivity index (χ0) is 22.8. The molecule has 0 atom stereocenters. The van der Waals surface area contributed by atoms with Gasteiger partial charge in [-0.1, -0.05) is 0 Å². The van der Waals surface area contributed by atoms with Crippen LogP contribution in [-0.4, -0.2) is 41.2 Å². The number of carbonyl (C=O) groups excluding carboxylic acids is 1. The van der Waals surface area contributed by atoms with E-state index in [2.05, 4.69) is 4.72 Å². The van der Waals surface area contributed by atoms with Gasteiger partial charge >= 0.3 is 0 Å². The first-order valence-electron chi connectivity index (χ1n) is 9.65. The van der Waals surface area contributed by atoms with Crippen molar-refractivity contribution in [2.75, 3.05) is 21.4 Å². The molecule has 1 aliphatic heterocycles. The minimum Gasteiger partial charge on any atom is -0.492 e. The molecule has 168 valence electrons. The van der Waals surface area contributed by atoms with Crippen molar-refractivity contribution in [3.05, 3.63) is 42.5 Å². The second-order valence-electron chi connectivity index (χ2n) is 7.08. The zero-order valence-electron chi connectivity index (χ0n) is 17.4. The van der Waals surface area contributed by atoms with E-state index in [4.69, 9.17) is 9.47 Å². The van der Waals surface area contributed by atoms with Gasteiger partial charge in [-0.2, -0.15) is 0 Å². The number of nitrogens with one attached hydrogen (secondary N) is 1. The number of amides is 1. The van der Waals surface area contributed by atoms with Gasteiger partial charge in [-0.25, -0.2) is 21.1 Å². The largest absolute Gasteiger partial charge is 0.492 e. The molecule has 1 N–H and O–H groups in total. The lowest BCUT2D eigenvalue weighted by atomic mass is 10.3. The first kappa shape index (κ1) is 22.9. The molecule has 0 saturated carbocycles. The first-order chi connectivity index (χ1) is 14.5. The number of carbonyl (C=O) groups is 1. The third-order valence-corrected chi connectivity index (χ3v) is 7.40. The highest BCUT2D eigenvalue weighted by Gasteiger charge is 2.37. The number of hydrogen-bond donors (Lipinski definition) is 1. The molecule has 1 aliphatic rings. The molecule has 0 radical (unpaired) electrons. The van der Waals surface area contributed by atoms with E-state index in [-0.39, 0.29) is 46.9 Å². The minimum atomic E-state index is -4.16. The molecule has 0 spiro atoms. The maximum absolute atomic E-state index is 13.1. The van der Waals surface area contributed by atoms with Crippen LogP contribution in [0.2, 0.25) is 0 Å². The monoisotopic (exact) mass is 468 g/mol. The molecule has 31 heavy (non-hydrogen) atoms. The van der Waals surface area contributed by atoms with Crippen LogP contribution in [0.5, 0.6) is 11.5 Å². The van der Waals surface area contributed by atoms with Crippen molar-refractivity contribution in [2.24, 2.45) is 0 Å². The Morgan fingerprint density at radius 1 is 1.13 bits per heavy atom. The third-order valence-electron chi connectivity index (χ3n) is 4.31. The summed E-state index contributed by atoms with van der Waals surface area (Å²) >= 11 is 0. The second-order valence-corrected chi connectivity index (χ2v) is 10.7. The fourth-order valence-electron chi connectivity index (χ4n) is 3.06. The quantitative estimate of drug-likeness (QED) is 0.633. The lowest BCUT2D eigenvalue weighted by Crippen LogP contribution is -2.29. The molecular weight excluding hydrogens is 444 g/mol. The summed E-state index contributed by atoms with van der Waals surface area (Å²) in [6.45, 7) is 5.65. The summed E-state index contributed by atoms with van der Waals surface area (Å²) in [7, 11) is -7.99. The summed E-state index contributed by atoms with van der Waals surface area (Å²) in [6, 6.07) is 10.2. The van der Waals surface area contributed by atoms with Crippen molar-refractivity contribution >= 4 is 37.3 Å². The predicted molar refractivity (Wildman–Crippen MR) is 117 cm³/mol. The van der Waals surface area contributed by atoms with Crippen molar-refractivity contribution in [1.82, 2.24) is 0 Å². The highest BCUT2D eigenvalue weighted by Crippen LogP contribution is 2.34.